The molecule has 2 rings (SSSR count). The standard InChI is InChI=1S/C18H23NO2/c1-5-21-16-8-6-7-14(12-16)18(19-3)15-9-10-17(20-4)13(2)11-15/h6-12,18-19H,5H2,1-4H3. The Kier molecular flexibility index (Phi) is 5.23. The van der Waals surface area contributed by atoms with Crippen LogP contribution >= 0.6 is 0 Å². The van der Waals surface area contributed by atoms with Gasteiger partial charge in [-0.25, -0.2) is 0 Å². The maximum Gasteiger partial charge on any atom is 0.121 e. The van der Waals surface area contributed by atoms with E-state index in [1.807, 2.05) is 32.2 Å². The smallest absolute Gasteiger partial charge is 0.121 e. The van der Waals surface area contributed by atoms with Crippen molar-refractivity contribution in [3.63, 3.8) is 0 Å². The maximum absolute atomic E-state index is 5.59. The zero-order chi connectivity index (χ0) is 15.2. The van der Waals surface area contributed by atoms with Crippen molar-refractivity contribution >= 4 is 0 Å². The Hall–Kier alpha value is -2.00. The molecule has 0 aliphatic carbocycles. The Balaban J connectivity index is 2.34. The zero-order valence-electron chi connectivity index (χ0n) is 13.1. The van der Waals surface area contributed by atoms with Crippen molar-refractivity contribution < 1.29 is 9.47 Å². The van der Waals surface area contributed by atoms with Crippen LogP contribution in [-0.4, -0.2) is 20.8 Å². The first-order chi connectivity index (χ1) is 10.2. The fourth-order valence-electron chi connectivity index (χ4n) is 2.56. The summed E-state index contributed by atoms with van der Waals surface area (Å²) in [5, 5.41) is 3.37. The van der Waals surface area contributed by atoms with E-state index in [9.17, 15) is 0 Å². The monoisotopic (exact) mass is 285 g/mol. The summed E-state index contributed by atoms with van der Waals surface area (Å²) >= 11 is 0. The van der Waals surface area contributed by atoms with Gasteiger partial charge in [-0.3, -0.25) is 0 Å². The lowest BCUT2D eigenvalue weighted by Gasteiger charge is -2.19. The third-order valence-electron chi connectivity index (χ3n) is 3.54. The molecule has 2 aromatic rings. The van der Waals surface area contributed by atoms with Gasteiger partial charge in [0.25, 0.3) is 0 Å². The lowest BCUT2D eigenvalue weighted by molar-refractivity contribution is 0.339. The van der Waals surface area contributed by atoms with Crippen molar-refractivity contribution in [2.75, 3.05) is 20.8 Å². The molecule has 2 aromatic carbocycles. The van der Waals surface area contributed by atoms with Crippen molar-refractivity contribution in [2.45, 2.75) is 19.9 Å². The zero-order valence-corrected chi connectivity index (χ0v) is 13.1. The Bertz CT molecular complexity index is 596. The first kappa shape index (κ1) is 15.4. The molecule has 1 unspecified atom stereocenters. The van der Waals surface area contributed by atoms with Gasteiger partial charge in [0, 0.05) is 0 Å². The molecular formula is C18H23NO2. The fourth-order valence-corrected chi connectivity index (χ4v) is 2.56. The van der Waals surface area contributed by atoms with Crippen molar-refractivity contribution in [1.82, 2.24) is 5.32 Å². The molecule has 1 atom stereocenters. The highest BCUT2D eigenvalue weighted by molar-refractivity contribution is 5.42. The van der Waals surface area contributed by atoms with E-state index in [0.29, 0.717) is 6.61 Å². The van der Waals surface area contributed by atoms with Crippen LogP contribution in [-0.2, 0) is 0 Å². The Morgan fingerprint density at radius 2 is 1.86 bits per heavy atom. The number of hydrogen-bond acceptors (Lipinski definition) is 3. The highest BCUT2D eigenvalue weighted by Gasteiger charge is 2.14. The minimum atomic E-state index is 0.134. The number of rotatable bonds is 6. The first-order valence-corrected chi connectivity index (χ1v) is 7.24. The average molecular weight is 285 g/mol. The second kappa shape index (κ2) is 7.14. The van der Waals surface area contributed by atoms with Crippen LogP contribution in [0.3, 0.4) is 0 Å². The van der Waals surface area contributed by atoms with Gasteiger partial charge in [-0.05, 0) is 55.8 Å². The van der Waals surface area contributed by atoms with Crippen LogP contribution < -0.4 is 14.8 Å². The van der Waals surface area contributed by atoms with Crippen LogP contribution in [0, 0.1) is 6.92 Å². The molecule has 0 heterocycles. The minimum Gasteiger partial charge on any atom is -0.496 e. The molecule has 3 nitrogen and oxygen atoms in total. The summed E-state index contributed by atoms with van der Waals surface area (Å²) in [7, 11) is 3.67. The molecular weight excluding hydrogens is 262 g/mol. The molecule has 0 aliphatic rings. The van der Waals surface area contributed by atoms with Crippen molar-refractivity contribution in [1.29, 1.82) is 0 Å². The van der Waals surface area contributed by atoms with Crippen LogP contribution in [0.2, 0.25) is 0 Å². The van der Waals surface area contributed by atoms with Crippen LogP contribution in [0.4, 0.5) is 0 Å². The summed E-state index contributed by atoms with van der Waals surface area (Å²) in [4.78, 5) is 0. The van der Waals surface area contributed by atoms with Gasteiger partial charge in [-0.2, -0.15) is 0 Å². The van der Waals surface area contributed by atoms with Crippen molar-refractivity contribution in [3.8, 4) is 11.5 Å². The highest BCUT2D eigenvalue weighted by Crippen LogP contribution is 2.28. The molecule has 21 heavy (non-hydrogen) atoms. The molecule has 112 valence electrons. The van der Waals surface area contributed by atoms with E-state index in [4.69, 9.17) is 9.47 Å². The number of ether oxygens (including phenoxy) is 2. The average Bonchev–Trinajstić information content (AvgIpc) is 2.49. The Morgan fingerprint density at radius 3 is 2.48 bits per heavy atom. The molecule has 0 aromatic heterocycles. The normalized spacial score (nSPS) is 12.0. The van der Waals surface area contributed by atoms with Crippen LogP contribution in [0.25, 0.3) is 0 Å². The lowest BCUT2D eigenvalue weighted by Crippen LogP contribution is -2.17. The summed E-state index contributed by atoms with van der Waals surface area (Å²) in [6, 6.07) is 14.6. The molecule has 0 aliphatic heterocycles. The fraction of sp³-hybridized carbons (Fsp3) is 0.333. The van der Waals surface area contributed by atoms with Gasteiger partial charge in [-0.1, -0.05) is 24.3 Å². The van der Waals surface area contributed by atoms with E-state index in [2.05, 4.69) is 36.5 Å². The van der Waals surface area contributed by atoms with E-state index < -0.39 is 0 Å². The van der Waals surface area contributed by atoms with Gasteiger partial charge in [0.2, 0.25) is 0 Å². The summed E-state index contributed by atoms with van der Waals surface area (Å²) in [6.45, 7) is 4.73. The third kappa shape index (κ3) is 3.56. The van der Waals surface area contributed by atoms with Crippen molar-refractivity contribution in [2.24, 2.45) is 0 Å². The second-order valence-electron chi connectivity index (χ2n) is 4.96. The number of benzene rings is 2. The maximum atomic E-state index is 5.59. The predicted molar refractivity (Wildman–Crippen MR) is 86.2 cm³/mol. The summed E-state index contributed by atoms with van der Waals surface area (Å²) < 4.78 is 10.9. The molecule has 0 fully saturated rings. The SMILES string of the molecule is CCOc1cccc(C(NC)c2ccc(OC)c(C)c2)c1. The molecule has 0 saturated heterocycles. The van der Waals surface area contributed by atoms with Gasteiger partial charge in [0.05, 0.1) is 19.8 Å². The van der Waals surface area contributed by atoms with Gasteiger partial charge in [-0.15, -0.1) is 0 Å². The summed E-state index contributed by atoms with van der Waals surface area (Å²) in [5.74, 6) is 1.82. The van der Waals surface area contributed by atoms with Gasteiger partial charge in [0.15, 0.2) is 0 Å². The second-order valence-corrected chi connectivity index (χ2v) is 4.96. The van der Waals surface area contributed by atoms with Crippen LogP contribution in [0.1, 0.15) is 29.7 Å². The third-order valence-corrected chi connectivity index (χ3v) is 3.54. The quantitative estimate of drug-likeness (QED) is 0.877. The van der Waals surface area contributed by atoms with E-state index in [1.165, 1.54) is 11.1 Å². The molecule has 3 heteroatoms. The number of aryl methyl sites for hydroxylation is 1. The van der Waals surface area contributed by atoms with E-state index in [1.54, 1.807) is 7.11 Å². The largest absolute Gasteiger partial charge is 0.496 e. The number of nitrogens with one attached hydrogen (secondary N) is 1. The topological polar surface area (TPSA) is 30.5 Å². The predicted octanol–water partition coefficient (Wildman–Crippen LogP) is 3.71. The molecule has 0 radical (unpaired) electrons. The molecule has 1 N–H and O–H groups in total. The highest BCUT2D eigenvalue weighted by atomic mass is 16.5. The summed E-state index contributed by atoms with van der Waals surface area (Å²) in [6.07, 6.45) is 0. The lowest BCUT2D eigenvalue weighted by atomic mass is 9.97. The Labute approximate surface area is 126 Å². The van der Waals surface area contributed by atoms with Crippen molar-refractivity contribution in [3.05, 3.63) is 59.2 Å². The van der Waals surface area contributed by atoms with Crippen LogP contribution in [0.5, 0.6) is 11.5 Å². The van der Waals surface area contributed by atoms with E-state index in [0.717, 1.165) is 17.1 Å². The first-order valence-electron chi connectivity index (χ1n) is 7.24. The summed E-state index contributed by atoms with van der Waals surface area (Å²) in [5.41, 5.74) is 3.54. The van der Waals surface area contributed by atoms with E-state index in [-0.39, 0.29) is 6.04 Å². The van der Waals surface area contributed by atoms with Crippen LogP contribution in [0.15, 0.2) is 42.5 Å². The number of methoxy groups -OCH3 is 1. The molecule has 0 bridgehead atoms. The van der Waals surface area contributed by atoms with Gasteiger partial charge < -0.3 is 14.8 Å². The van der Waals surface area contributed by atoms with Gasteiger partial charge >= 0.3 is 0 Å². The van der Waals surface area contributed by atoms with E-state index >= 15 is 0 Å². The molecule has 0 spiro atoms. The molecule has 0 amide bonds. The Morgan fingerprint density at radius 1 is 1.10 bits per heavy atom. The van der Waals surface area contributed by atoms with Gasteiger partial charge in [0.1, 0.15) is 11.5 Å². The molecule has 0 saturated carbocycles. The number of hydrogen-bond donors (Lipinski definition) is 1. The minimum absolute atomic E-state index is 0.134.